The van der Waals surface area contributed by atoms with Gasteiger partial charge in [0, 0.05) is 0 Å². The predicted molar refractivity (Wildman–Crippen MR) is 68.5 cm³/mol. The third kappa shape index (κ3) is 1.62. The second-order valence-electron chi connectivity index (χ2n) is 3.58. The van der Waals surface area contributed by atoms with Gasteiger partial charge in [-0.15, -0.1) is 21.5 Å². The fourth-order valence-electron chi connectivity index (χ4n) is 1.77. The first-order chi connectivity index (χ1) is 8.31. The van der Waals surface area contributed by atoms with Gasteiger partial charge in [-0.05, 0) is 23.4 Å². The largest absolute Gasteiger partial charge is 0.262 e. The SMILES string of the molecule is CCc1ccsc1-c1nnc2cncc(Cl)n12. The molecule has 17 heavy (non-hydrogen) atoms. The van der Waals surface area contributed by atoms with Crippen molar-refractivity contribution in [2.24, 2.45) is 0 Å². The maximum atomic E-state index is 6.14. The van der Waals surface area contributed by atoms with E-state index in [1.165, 1.54) is 5.56 Å². The zero-order valence-corrected chi connectivity index (χ0v) is 10.7. The maximum Gasteiger partial charge on any atom is 0.180 e. The van der Waals surface area contributed by atoms with Crippen molar-refractivity contribution in [1.29, 1.82) is 0 Å². The molecule has 0 amide bonds. The molecule has 0 aromatic carbocycles. The van der Waals surface area contributed by atoms with Gasteiger partial charge in [-0.1, -0.05) is 18.5 Å². The van der Waals surface area contributed by atoms with Crippen LogP contribution < -0.4 is 0 Å². The van der Waals surface area contributed by atoms with Crippen LogP contribution in [0.2, 0.25) is 5.15 Å². The molecule has 4 nitrogen and oxygen atoms in total. The molecule has 0 aliphatic carbocycles. The molecule has 3 rings (SSSR count). The van der Waals surface area contributed by atoms with E-state index < -0.39 is 0 Å². The first-order valence-corrected chi connectivity index (χ1v) is 6.48. The summed E-state index contributed by atoms with van der Waals surface area (Å²) >= 11 is 7.79. The molecule has 0 radical (unpaired) electrons. The standard InChI is InChI=1S/C11H9ClN4S/c1-2-7-3-4-17-10(7)11-15-14-9-6-13-5-8(12)16(9)11/h3-6H,2H2,1H3. The van der Waals surface area contributed by atoms with E-state index in [-0.39, 0.29) is 0 Å². The number of fused-ring (bicyclic) bond motifs is 1. The lowest BCUT2D eigenvalue weighted by Crippen LogP contribution is -1.92. The Morgan fingerprint density at radius 1 is 1.35 bits per heavy atom. The maximum absolute atomic E-state index is 6.14. The number of hydrogen-bond donors (Lipinski definition) is 0. The van der Waals surface area contributed by atoms with Crippen LogP contribution >= 0.6 is 22.9 Å². The molecule has 0 N–H and O–H groups in total. The average molecular weight is 265 g/mol. The Morgan fingerprint density at radius 3 is 3.06 bits per heavy atom. The van der Waals surface area contributed by atoms with Gasteiger partial charge in [0.1, 0.15) is 5.15 Å². The Labute approximate surface area is 107 Å². The molecule has 0 spiro atoms. The molecule has 0 atom stereocenters. The van der Waals surface area contributed by atoms with Gasteiger partial charge in [0.05, 0.1) is 17.3 Å². The molecule has 0 bridgehead atoms. The van der Waals surface area contributed by atoms with Crippen LogP contribution in [0.3, 0.4) is 0 Å². The summed E-state index contributed by atoms with van der Waals surface area (Å²) in [6.45, 7) is 2.12. The number of rotatable bonds is 2. The minimum atomic E-state index is 0.526. The van der Waals surface area contributed by atoms with Crippen LogP contribution in [0, 0.1) is 0 Å². The summed E-state index contributed by atoms with van der Waals surface area (Å²) in [5.41, 5.74) is 1.93. The van der Waals surface area contributed by atoms with E-state index in [1.54, 1.807) is 23.7 Å². The highest BCUT2D eigenvalue weighted by Gasteiger charge is 2.14. The van der Waals surface area contributed by atoms with Gasteiger partial charge in [0.15, 0.2) is 11.5 Å². The predicted octanol–water partition coefficient (Wildman–Crippen LogP) is 3.07. The van der Waals surface area contributed by atoms with Crippen LogP contribution in [0.5, 0.6) is 0 Å². The number of halogens is 1. The minimum absolute atomic E-state index is 0.526. The molecule has 0 saturated heterocycles. The molecule has 0 saturated carbocycles. The molecule has 0 aliphatic rings. The van der Waals surface area contributed by atoms with Crippen LogP contribution in [0.1, 0.15) is 12.5 Å². The summed E-state index contributed by atoms with van der Waals surface area (Å²) in [5, 5.41) is 10.9. The molecule has 0 fully saturated rings. The van der Waals surface area contributed by atoms with E-state index in [0.717, 1.165) is 17.1 Å². The number of thiophene rings is 1. The fourth-order valence-corrected chi connectivity index (χ4v) is 2.96. The second-order valence-corrected chi connectivity index (χ2v) is 4.88. The second kappa shape index (κ2) is 4.09. The van der Waals surface area contributed by atoms with Gasteiger partial charge in [-0.2, -0.15) is 0 Å². The van der Waals surface area contributed by atoms with Gasteiger partial charge in [0.2, 0.25) is 0 Å². The van der Waals surface area contributed by atoms with E-state index in [4.69, 9.17) is 11.6 Å². The zero-order chi connectivity index (χ0) is 11.8. The third-order valence-corrected chi connectivity index (χ3v) is 3.82. The lowest BCUT2D eigenvalue weighted by molar-refractivity contribution is 1.09. The Balaban J connectivity index is 2.31. The number of nitrogens with zero attached hydrogens (tertiary/aromatic N) is 4. The van der Waals surface area contributed by atoms with Crippen LogP contribution in [0.25, 0.3) is 16.3 Å². The topological polar surface area (TPSA) is 43.1 Å². The van der Waals surface area contributed by atoms with Crippen molar-refractivity contribution in [1.82, 2.24) is 19.6 Å². The van der Waals surface area contributed by atoms with E-state index in [9.17, 15) is 0 Å². The molecular weight excluding hydrogens is 256 g/mol. The van der Waals surface area contributed by atoms with Gasteiger partial charge >= 0.3 is 0 Å². The quantitative estimate of drug-likeness (QED) is 0.714. The van der Waals surface area contributed by atoms with Crippen molar-refractivity contribution in [2.45, 2.75) is 13.3 Å². The first-order valence-electron chi connectivity index (χ1n) is 5.22. The minimum Gasteiger partial charge on any atom is -0.262 e. The van der Waals surface area contributed by atoms with Crippen LogP contribution in [-0.2, 0) is 6.42 Å². The molecule has 0 aliphatic heterocycles. The molecule has 6 heteroatoms. The summed E-state index contributed by atoms with van der Waals surface area (Å²) in [5.74, 6) is 0.791. The molecule has 0 unspecified atom stereocenters. The van der Waals surface area contributed by atoms with Crippen molar-refractivity contribution < 1.29 is 0 Å². The van der Waals surface area contributed by atoms with Crippen molar-refractivity contribution in [3.8, 4) is 10.7 Å². The summed E-state index contributed by atoms with van der Waals surface area (Å²) in [6, 6.07) is 2.11. The average Bonchev–Trinajstić information content (AvgIpc) is 2.94. The highest BCUT2D eigenvalue weighted by Crippen LogP contribution is 2.30. The monoisotopic (exact) mass is 264 g/mol. The summed E-state index contributed by atoms with van der Waals surface area (Å²) in [7, 11) is 0. The van der Waals surface area contributed by atoms with Crippen molar-refractivity contribution >= 4 is 28.6 Å². The Bertz CT molecular complexity index is 673. The smallest absolute Gasteiger partial charge is 0.180 e. The number of aryl methyl sites for hydroxylation is 1. The van der Waals surface area contributed by atoms with Crippen LogP contribution in [-0.4, -0.2) is 19.6 Å². The van der Waals surface area contributed by atoms with Gasteiger partial charge in [-0.25, -0.2) is 0 Å². The Hall–Kier alpha value is -1.46. The van der Waals surface area contributed by atoms with Gasteiger partial charge < -0.3 is 0 Å². The Morgan fingerprint density at radius 2 is 2.24 bits per heavy atom. The normalized spacial score (nSPS) is 11.2. The van der Waals surface area contributed by atoms with Crippen LogP contribution in [0.15, 0.2) is 23.8 Å². The van der Waals surface area contributed by atoms with E-state index in [1.807, 2.05) is 4.40 Å². The zero-order valence-electron chi connectivity index (χ0n) is 9.09. The van der Waals surface area contributed by atoms with Crippen LogP contribution in [0.4, 0.5) is 0 Å². The molecule has 3 heterocycles. The number of hydrogen-bond acceptors (Lipinski definition) is 4. The summed E-state index contributed by atoms with van der Waals surface area (Å²) < 4.78 is 1.82. The summed E-state index contributed by atoms with van der Waals surface area (Å²) in [4.78, 5) is 5.12. The third-order valence-electron chi connectivity index (χ3n) is 2.60. The molecule has 3 aromatic rings. The van der Waals surface area contributed by atoms with Gasteiger partial charge in [-0.3, -0.25) is 9.38 Å². The van der Waals surface area contributed by atoms with Crippen molar-refractivity contribution in [2.75, 3.05) is 0 Å². The fraction of sp³-hybridized carbons (Fsp3) is 0.182. The summed E-state index contributed by atoms with van der Waals surface area (Å²) in [6.07, 6.45) is 4.22. The Kier molecular flexibility index (Phi) is 2.57. The molecular formula is C11H9ClN4S. The highest BCUT2D eigenvalue weighted by atomic mass is 35.5. The molecule has 86 valence electrons. The lowest BCUT2D eigenvalue weighted by atomic mass is 10.2. The van der Waals surface area contributed by atoms with E-state index >= 15 is 0 Å². The lowest BCUT2D eigenvalue weighted by Gasteiger charge is -2.01. The molecule has 3 aromatic heterocycles. The number of aromatic nitrogens is 4. The van der Waals surface area contributed by atoms with Gasteiger partial charge in [0.25, 0.3) is 0 Å². The first kappa shape index (κ1) is 10.7. The van der Waals surface area contributed by atoms with Crippen molar-refractivity contribution in [3.63, 3.8) is 0 Å². The highest BCUT2D eigenvalue weighted by molar-refractivity contribution is 7.13. The van der Waals surface area contributed by atoms with E-state index in [0.29, 0.717) is 10.8 Å². The van der Waals surface area contributed by atoms with Crippen molar-refractivity contribution in [3.05, 3.63) is 34.6 Å². The van der Waals surface area contributed by atoms with E-state index in [2.05, 4.69) is 33.6 Å².